The van der Waals surface area contributed by atoms with Crippen molar-refractivity contribution in [2.24, 2.45) is 0 Å². The number of rotatable bonds is 5. The summed E-state index contributed by atoms with van der Waals surface area (Å²) in [5, 5.41) is 0. The van der Waals surface area contributed by atoms with E-state index in [1.807, 2.05) is 4.72 Å². The largest absolute Gasteiger partial charge is 0.302 e. The number of carbonyl (C=O) groups is 1. The van der Waals surface area contributed by atoms with Crippen molar-refractivity contribution in [3.8, 4) is 0 Å². The summed E-state index contributed by atoms with van der Waals surface area (Å²) in [6.07, 6.45) is 0.486. The molecular weight excluding hydrogens is 168 g/mol. The molecule has 0 spiro atoms. The van der Waals surface area contributed by atoms with Gasteiger partial charge < -0.3 is 4.79 Å². The molecule has 0 aliphatic heterocycles. The molecule has 66 valence electrons. The fourth-order valence-corrected chi connectivity index (χ4v) is 1.49. The van der Waals surface area contributed by atoms with Gasteiger partial charge in [0.25, 0.3) is 10.2 Å². The van der Waals surface area contributed by atoms with Crippen molar-refractivity contribution in [3.05, 3.63) is 0 Å². The Bertz CT molecular complexity index is 210. The third-order valence-electron chi connectivity index (χ3n) is 0.748. The quantitative estimate of drug-likeness (QED) is 0.534. The van der Waals surface area contributed by atoms with Gasteiger partial charge in [-0.3, -0.25) is 0 Å². The molecule has 0 unspecified atom stereocenters. The fourth-order valence-electron chi connectivity index (χ4n) is 0.496. The van der Waals surface area contributed by atoms with E-state index in [9.17, 15) is 13.2 Å². The van der Waals surface area contributed by atoms with Crippen molar-refractivity contribution in [2.75, 3.05) is 6.54 Å². The Morgan fingerprint density at radius 2 is 2.00 bits per heavy atom. The molecule has 0 bridgehead atoms. The molecule has 0 fully saturated rings. The SMILES string of the molecule is CC(C)NS(=O)(=O)NCC=O. The number of aldehydes is 1. The first-order chi connectivity index (χ1) is 4.98. The lowest BCUT2D eigenvalue weighted by molar-refractivity contribution is -0.106. The summed E-state index contributed by atoms with van der Waals surface area (Å²) in [5.41, 5.74) is 0. The van der Waals surface area contributed by atoms with Crippen LogP contribution in [0.3, 0.4) is 0 Å². The van der Waals surface area contributed by atoms with Crippen LogP contribution >= 0.6 is 0 Å². The van der Waals surface area contributed by atoms with Gasteiger partial charge in [0.15, 0.2) is 0 Å². The zero-order chi connectivity index (χ0) is 8.91. The lowest BCUT2D eigenvalue weighted by Crippen LogP contribution is -2.40. The van der Waals surface area contributed by atoms with Gasteiger partial charge in [-0.05, 0) is 13.8 Å². The molecule has 0 aromatic rings. The van der Waals surface area contributed by atoms with Gasteiger partial charge in [-0.2, -0.15) is 17.9 Å². The van der Waals surface area contributed by atoms with Crippen LogP contribution in [0.2, 0.25) is 0 Å². The van der Waals surface area contributed by atoms with Gasteiger partial charge in [-0.25, -0.2) is 0 Å². The molecule has 11 heavy (non-hydrogen) atoms. The van der Waals surface area contributed by atoms with Crippen molar-refractivity contribution in [1.29, 1.82) is 0 Å². The second-order valence-electron chi connectivity index (χ2n) is 2.29. The van der Waals surface area contributed by atoms with Crippen LogP contribution in [0, 0.1) is 0 Å². The highest BCUT2D eigenvalue weighted by atomic mass is 32.2. The van der Waals surface area contributed by atoms with Crippen LogP contribution in [0.25, 0.3) is 0 Å². The highest BCUT2D eigenvalue weighted by Crippen LogP contribution is 1.81. The zero-order valence-corrected chi connectivity index (χ0v) is 7.31. The van der Waals surface area contributed by atoms with E-state index in [0.29, 0.717) is 6.29 Å². The minimum Gasteiger partial charge on any atom is -0.302 e. The van der Waals surface area contributed by atoms with E-state index >= 15 is 0 Å². The number of carbonyl (C=O) groups excluding carboxylic acids is 1. The summed E-state index contributed by atoms with van der Waals surface area (Å²) in [4.78, 5) is 9.78. The van der Waals surface area contributed by atoms with Crippen molar-refractivity contribution >= 4 is 16.5 Å². The molecule has 0 saturated carbocycles. The predicted octanol–water partition coefficient (Wildman–Crippen LogP) is -0.982. The first-order valence-electron chi connectivity index (χ1n) is 3.18. The second kappa shape index (κ2) is 4.42. The lowest BCUT2D eigenvalue weighted by Gasteiger charge is -2.07. The maximum Gasteiger partial charge on any atom is 0.277 e. The van der Waals surface area contributed by atoms with E-state index in [0.717, 1.165) is 0 Å². The molecule has 0 aliphatic rings. The maximum atomic E-state index is 10.8. The average Bonchev–Trinajstić information content (AvgIpc) is 1.81. The maximum absolute atomic E-state index is 10.8. The molecule has 0 heterocycles. The Morgan fingerprint density at radius 1 is 1.45 bits per heavy atom. The molecule has 0 aliphatic carbocycles. The van der Waals surface area contributed by atoms with Gasteiger partial charge in [0.05, 0.1) is 6.54 Å². The smallest absolute Gasteiger partial charge is 0.277 e. The third kappa shape index (κ3) is 5.96. The summed E-state index contributed by atoms with van der Waals surface area (Å²) < 4.78 is 25.9. The summed E-state index contributed by atoms with van der Waals surface area (Å²) in [6, 6.07) is -0.167. The van der Waals surface area contributed by atoms with Crippen molar-refractivity contribution < 1.29 is 13.2 Å². The number of hydrogen-bond donors (Lipinski definition) is 2. The monoisotopic (exact) mass is 180 g/mol. The molecule has 0 rings (SSSR count). The van der Waals surface area contributed by atoms with Gasteiger partial charge in [0.1, 0.15) is 6.29 Å². The highest BCUT2D eigenvalue weighted by molar-refractivity contribution is 7.87. The second-order valence-corrected chi connectivity index (χ2v) is 3.82. The first kappa shape index (κ1) is 10.5. The molecule has 5 nitrogen and oxygen atoms in total. The topological polar surface area (TPSA) is 75.3 Å². The van der Waals surface area contributed by atoms with Crippen LogP contribution in [0.1, 0.15) is 13.8 Å². The average molecular weight is 180 g/mol. The number of nitrogens with one attached hydrogen (secondary N) is 2. The van der Waals surface area contributed by atoms with Gasteiger partial charge in [-0.1, -0.05) is 0 Å². The minimum absolute atomic E-state index is 0.167. The van der Waals surface area contributed by atoms with Gasteiger partial charge in [0, 0.05) is 6.04 Å². The first-order valence-corrected chi connectivity index (χ1v) is 4.67. The molecule has 0 saturated heterocycles. The van der Waals surface area contributed by atoms with E-state index in [4.69, 9.17) is 0 Å². The van der Waals surface area contributed by atoms with E-state index in [2.05, 4.69) is 4.72 Å². The Hall–Kier alpha value is -0.460. The third-order valence-corrected chi connectivity index (χ3v) is 2.08. The Morgan fingerprint density at radius 3 is 2.36 bits per heavy atom. The molecule has 0 radical (unpaired) electrons. The number of hydrogen-bond acceptors (Lipinski definition) is 3. The predicted molar refractivity (Wildman–Crippen MR) is 41.3 cm³/mol. The molecule has 0 atom stereocenters. The summed E-state index contributed by atoms with van der Waals surface area (Å²) in [7, 11) is -3.47. The van der Waals surface area contributed by atoms with Crippen LogP contribution in [-0.4, -0.2) is 27.3 Å². The summed E-state index contributed by atoms with van der Waals surface area (Å²) in [6.45, 7) is 3.20. The van der Waals surface area contributed by atoms with Gasteiger partial charge in [0.2, 0.25) is 0 Å². The molecule has 0 aromatic heterocycles. The molecule has 6 heteroatoms. The molecular formula is C5H12N2O3S. The molecule has 0 amide bonds. The Balaban J connectivity index is 3.91. The van der Waals surface area contributed by atoms with Crippen LogP contribution in [0.15, 0.2) is 0 Å². The van der Waals surface area contributed by atoms with Crippen LogP contribution in [-0.2, 0) is 15.0 Å². The summed E-state index contributed by atoms with van der Waals surface area (Å²) >= 11 is 0. The fraction of sp³-hybridized carbons (Fsp3) is 0.800. The van der Waals surface area contributed by atoms with Crippen molar-refractivity contribution in [1.82, 2.24) is 9.44 Å². The minimum atomic E-state index is -3.47. The zero-order valence-electron chi connectivity index (χ0n) is 6.49. The van der Waals surface area contributed by atoms with E-state index in [1.54, 1.807) is 13.8 Å². The van der Waals surface area contributed by atoms with E-state index in [-0.39, 0.29) is 12.6 Å². The Kier molecular flexibility index (Phi) is 4.24. The van der Waals surface area contributed by atoms with Crippen LogP contribution in [0.4, 0.5) is 0 Å². The van der Waals surface area contributed by atoms with Gasteiger partial charge in [-0.15, -0.1) is 0 Å². The van der Waals surface area contributed by atoms with Crippen LogP contribution in [0.5, 0.6) is 0 Å². The standard InChI is InChI=1S/C5H12N2O3S/c1-5(2)7-11(9,10)6-3-4-8/h4-7H,3H2,1-2H3. The van der Waals surface area contributed by atoms with E-state index in [1.165, 1.54) is 0 Å². The van der Waals surface area contributed by atoms with Gasteiger partial charge >= 0.3 is 0 Å². The van der Waals surface area contributed by atoms with Crippen molar-refractivity contribution in [2.45, 2.75) is 19.9 Å². The van der Waals surface area contributed by atoms with Crippen molar-refractivity contribution in [3.63, 3.8) is 0 Å². The lowest BCUT2D eigenvalue weighted by atomic mass is 10.4. The normalized spacial score (nSPS) is 11.9. The Labute approximate surface area is 66.4 Å². The summed E-state index contributed by atoms with van der Waals surface area (Å²) in [5.74, 6) is 0. The highest BCUT2D eigenvalue weighted by Gasteiger charge is 2.08. The van der Waals surface area contributed by atoms with Crippen LogP contribution < -0.4 is 9.44 Å². The van der Waals surface area contributed by atoms with E-state index < -0.39 is 10.2 Å². The molecule has 0 aromatic carbocycles. The molecule has 2 N–H and O–H groups in total.